The zero-order valence-electron chi connectivity index (χ0n) is 23.0. The van der Waals surface area contributed by atoms with Gasteiger partial charge in [0.15, 0.2) is 19.7 Å². The van der Waals surface area contributed by atoms with Crippen LogP contribution < -0.4 is 10.1 Å². The lowest BCUT2D eigenvalue weighted by Gasteiger charge is -2.31. The zero-order chi connectivity index (χ0) is 30.8. The van der Waals surface area contributed by atoms with Crippen LogP contribution in [-0.2, 0) is 33.9 Å². The number of allylic oxidation sites excluding steroid dienone is 2. The molecule has 4 rings (SSSR count). The van der Waals surface area contributed by atoms with Gasteiger partial charge in [-0.25, -0.2) is 30.8 Å². The van der Waals surface area contributed by atoms with Crippen molar-refractivity contribution in [3.63, 3.8) is 0 Å². The van der Waals surface area contributed by atoms with Crippen molar-refractivity contribution >= 4 is 43.2 Å². The topological polar surface area (TPSA) is 142 Å². The molecule has 0 aromatic heterocycles. The summed E-state index contributed by atoms with van der Waals surface area (Å²) in [4.78, 5) is 25.3. The molecule has 0 bridgehead atoms. The summed E-state index contributed by atoms with van der Waals surface area (Å²) in [5.74, 6) is -5.62. The number of rotatable bonds is 8. The van der Waals surface area contributed by atoms with Gasteiger partial charge in [0, 0.05) is 22.0 Å². The van der Waals surface area contributed by atoms with E-state index in [0.29, 0.717) is 5.75 Å². The fourth-order valence-electron chi connectivity index (χ4n) is 4.69. The first-order valence-electron chi connectivity index (χ1n) is 12.9. The molecular formula is C28H29ClFNO9S2. The lowest BCUT2D eigenvalue weighted by atomic mass is 9.86. The molecule has 0 radical (unpaired) electrons. The van der Waals surface area contributed by atoms with Gasteiger partial charge >= 0.3 is 11.9 Å². The molecule has 42 heavy (non-hydrogen) atoms. The van der Waals surface area contributed by atoms with E-state index in [1.165, 1.54) is 31.2 Å². The Bertz CT molecular complexity index is 1660. The Morgan fingerprint density at radius 1 is 1.00 bits per heavy atom. The third-order valence-electron chi connectivity index (χ3n) is 6.47. The van der Waals surface area contributed by atoms with E-state index in [0.717, 1.165) is 6.07 Å². The van der Waals surface area contributed by atoms with Crippen molar-refractivity contribution in [2.24, 2.45) is 0 Å². The second kappa shape index (κ2) is 12.4. The van der Waals surface area contributed by atoms with Gasteiger partial charge in [0.1, 0.15) is 24.8 Å². The quantitative estimate of drug-likeness (QED) is 0.335. The minimum absolute atomic E-state index is 0.0387. The predicted octanol–water partition coefficient (Wildman–Crippen LogP) is 3.68. The molecular weight excluding hydrogens is 613 g/mol. The average molecular weight is 642 g/mol. The second-order valence-electron chi connectivity index (χ2n) is 9.95. The SMILES string of the molecule is CC1=C(C(=O)OCCOC(=O)c2ccc(OC(C)C)cc2)C(c2c(F)cccc2Cl)C2=C(CS(=O)(=O)CCS2(=O)=O)N1. The summed E-state index contributed by atoms with van der Waals surface area (Å²) in [7, 11) is -8.12. The molecule has 2 aromatic carbocycles. The summed E-state index contributed by atoms with van der Waals surface area (Å²) < 4.78 is 83.0. The fraction of sp³-hybridized carbons (Fsp3) is 0.357. The number of benzene rings is 2. The number of sulfone groups is 2. The Morgan fingerprint density at radius 2 is 1.64 bits per heavy atom. The Hall–Kier alpha value is -3.42. The van der Waals surface area contributed by atoms with Crippen molar-refractivity contribution in [2.45, 2.75) is 32.8 Å². The van der Waals surface area contributed by atoms with Gasteiger partial charge in [-0.05, 0) is 57.2 Å². The Kier molecular flexibility index (Phi) is 9.33. The first-order chi connectivity index (χ1) is 19.7. The van der Waals surface area contributed by atoms with Crippen molar-refractivity contribution in [3.05, 3.63) is 86.3 Å². The summed E-state index contributed by atoms with van der Waals surface area (Å²) in [5, 5.41) is 2.57. The summed E-state index contributed by atoms with van der Waals surface area (Å²) in [6, 6.07) is 9.99. The highest BCUT2D eigenvalue weighted by atomic mass is 35.5. The number of ether oxygens (including phenoxy) is 3. The van der Waals surface area contributed by atoms with Crippen LogP contribution in [0, 0.1) is 5.82 Å². The molecule has 1 N–H and O–H groups in total. The lowest BCUT2D eigenvalue weighted by molar-refractivity contribution is -0.140. The van der Waals surface area contributed by atoms with E-state index in [1.54, 1.807) is 12.1 Å². The molecule has 0 spiro atoms. The average Bonchev–Trinajstić information content (AvgIpc) is 2.98. The zero-order valence-corrected chi connectivity index (χ0v) is 25.4. The van der Waals surface area contributed by atoms with Crippen LogP contribution in [0.2, 0.25) is 5.02 Å². The highest BCUT2D eigenvalue weighted by molar-refractivity contribution is 7.98. The van der Waals surface area contributed by atoms with Gasteiger partial charge in [0.2, 0.25) is 0 Å². The molecule has 10 nitrogen and oxygen atoms in total. The number of esters is 2. The number of halogens is 2. The largest absolute Gasteiger partial charge is 0.491 e. The van der Waals surface area contributed by atoms with E-state index >= 15 is 4.39 Å². The molecule has 2 aliphatic heterocycles. The Labute approximate surface area is 248 Å². The fourth-order valence-corrected chi connectivity index (χ4v) is 9.08. The first kappa shape index (κ1) is 31.5. The number of carbonyl (C=O) groups excluding carboxylic acids is 2. The molecule has 14 heteroatoms. The molecule has 0 saturated heterocycles. The molecule has 1 atom stereocenters. The molecule has 0 amide bonds. The van der Waals surface area contributed by atoms with Gasteiger partial charge < -0.3 is 19.5 Å². The van der Waals surface area contributed by atoms with E-state index < -0.39 is 72.1 Å². The summed E-state index contributed by atoms with van der Waals surface area (Å²) in [6.07, 6.45) is -0.0387. The molecule has 0 fully saturated rings. The van der Waals surface area contributed by atoms with Crippen LogP contribution in [-0.4, -0.2) is 65.4 Å². The van der Waals surface area contributed by atoms with Crippen molar-refractivity contribution in [1.82, 2.24) is 5.32 Å². The Balaban J connectivity index is 1.57. The van der Waals surface area contributed by atoms with E-state index in [-0.39, 0.29) is 45.8 Å². The van der Waals surface area contributed by atoms with Crippen molar-refractivity contribution < 1.29 is 45.0 Å². The monoisotopic (exact) mass is 641 g/mol. The maximum Gasteiger partial charge on any atom is 0.338 e. The third kappa shape index (κ3) is 6.96. The molecule has 226 valence electrons. The van der Waals surface area contributed by atoms with Gasteiger partial charge in [0.25, 0.3) is 0 Å². The number of hydrogen-bond acceptors (Lipinski definition) is 10. The third-order valence-corrected chi connectivity index (χ3v) is 10.5. The molecule has 0 saturated carbocycles. The van der Waals surface area contributed by atoms with E-state index in [2.05, 4.69) is 5.32 Å². The van der Waals surface area contributed by atoms with Crippen LogP contribution >= 0.6 is 11.6 Å². The molecule has 1 unspecified atom stereocenters. The van der Waals surface area contributed by atoms with Crippen LogP contribution in [0.15, 0.2) is 64.3 Å². The van der Waals surface area contributed by atoms with Gasteiger partial charge in [-0.2, -0.15) is 0 Å². The highest BCUT2D eigenvalue weighted by Gasteiger charge is 2.45. The highest BCUT2D eigenvalue weighted by Crippen LogP contribution is 2.45. The number of dihydropyridines is 1. The minimum atomic E-state index is -4.30. The number of carbonyl (C=O) groups is 2. The standard InChI is InChI=1S/C28H29ClFNO9S2/c1-16(2)40-19-9-7-18(8-10-19)27(32)38-11-12-39-28(33)23-17(3)31-22-15-41(34,35)13-14-42(36,37)26(22)25(23)24-20(29)5-4-6-21(24)30/h4-10,16,25,31H,11-15H2,1-3H3. The van der Waals surface area contributed by atoms with Gasteiger partial charge in [-0.1, -0.05) is 17.7 Å². The van der Waals surface area contributed by atoms with E-state index in [1.807, 2.05) is 13.8 Å². The molecule has 2 heterocycles. The minimum Gasteiger partial charge on any atom is -0.491 e. The molecule has 2 aliphatic rings. The molecule has 2 aromatic rings. The van der Waals surface area contributed by atoms with E-state index in [4.69, 9.17) is 25.8 Å². The van der Waals surface area contributed by atoms with Crippen LogP contribution in [0.25, 0.3) is 0 Å². The maximum atomic E-state index is 15.2. The van der Waals surface area contributed by atoms with Gasteiger partial charge in [0.05, 0.1) is 45.3 Å². The van der Waals surface area contributed by atoms with Crippen LogP contribution in [0.1, 0.15) is 42.6 Å². The van der Waals surface area contributed by atoms with Gasteiger partial charge in [-0.3, -0.25) is 0 Å². The number of hydrogen-bond donors (Lipinski definition) is 1. The second-order valence-corrected chi connectivity index (χ2v) is 14.6. The summed E-state index contributed by atoms with van der Waals surface area (Å²) >= 11 is 6.32. The van der Waals surface area contributed by atoms with E-state index in [9.17, 15) is 26.4 Å². The summed E-state index contributed by atoms with van der Waals surface area (Å²) in [6.45, 7) is 4.42. The molecule has 0 aliphatic carbocycles. The first-order valence-corrected chi connectivity index (χ1v) is 16.7. The summed E-state index contributed by atoms with van der Waals surface area (Å²) in [5.41, 5.74) is -0.440. The Morgan fingerprint density at radius 3 is 2.26 bits per heavy atom. The lowest BCUT2D eigenvalue weighted by Crippen LogP contribution is -2.34. The predicted molar refractivity (Wildman–Crippen MR) is 153 cm³/mol. The number of nitrogens with one attached hydrogen (secondary N) is 1. The van der Waals surface area contributed by atoms with Crippen molar-refractivity contribution in [3.8, 4) is 5.75 Å². The smallest absolute Gasteiger partial charge is 0.338 e. The van der Waals surface area contributed by atoms with Gasteiger partial charge in [-0.15, -0.1) is 0 Å². The van der Waals surface area contributed by atoms with Crippen LogP contribution in [0.4, 0.5) is 4.39 Å². The normalized spacial score (nSPS) is 19.4. The van der Waals surface area contributed by atoms with Crippen LogP contribution in [0.5, 0.6) is 5.75 Å². The van der Waals surface area contributed by atoms with Crippen molar-refractivity contribution in [1.29, 1.82) is 0 Å². The van der Waals surface area contributed by atoms with Crippen LogP contribution in [0.3, 0.4) is 0 Å². The maximum absolute atomic E-state index is 15.2. The van der Waals surface area contributed by atoms with Crippen molar-refractivity contribution in [2.75, 3.05) is 30.5 Å².